The third-order valence-electron chi connectivity index (χ3n) is 4.44. The molecule has 1 aromatic heterocycles. The van der Waals surface area contributed by atoms with Gasteiger partial charge in [-0.25, -0.2) is 9.48 Å². The van der Waals surface area contributed by atoms with Crippen LogP contribution in [0.5, 0.6) is 5.88 Å². The first kappa shape index (κ1) is 13.9. The number of hydrogen-bond acceptors (Lipinski definition) is 3. The van der Waals surface area contributed by atoms with Crippen molar-refractivity contribution in [2.45, 2.75) is 39.0 Å². The average molecular weight is 284 g/mol. The Balaban J connectivity index is 1.97. The van der Waals surface area contributed by atoms with E-state index in [2.05, 4.69) is 25.0 Å². The van der Waals surface area contributed by atoms with E-state index in [1.165, 1.54) is 11.1 Å². The monoisotopic (exact) mass is 284 g/mol. The minimum Gasteiger partial charge on any atom is -0.404 e. The molecule has 0 aliphatic heterocycles. The lowest BCUT2D eigenvalue weighted by Crippen LogP contribution is -2.18. The first-order valence-electron chi connectivity index (χ1n) is 7.23. The SMILES string of the molecule is Cc1c(C(=O)Oc2ccnn2C)ccc2c1C(C)(C)CC2. The van der Waals surface area contributed by atoms with E-state index in [1.807, 2.05) is 13.0 Å². The smallest absolute Gasteiger partial charge is 0.345 e. The summed E-state index contributed by atoms with van der Waals surface area (Å²) in [5.41, 5.74) is 4.48. The molecule has 0 fully saturated rings. The summed E-state index contributed by atoms with van der Waals surface area (Å²) in [6, 6.07) is 5.63. The third-order valence-corrected chi connectivity index (χ3v) is 4.44. The predicted molar refractivity (Wildman–Crippen MR) is 80.7 cm³/mol. The molecule has 3 rings (SSSR count). The number of hydrogen-bond donors (Lipinski definition) is 0. The van der Waals surface area contributed by atoms with Crippen molar-refractivity contribution >= 4 is 5.97 Å². The van der Waals surface area contributed by atoms with Crippen LogP contribution in [0.25, 0.3) is 0 Å². The van der Waals surface area contributed by atoms with E-state index in [4.69, 9.17) is 4.74 Å². The molecule has 1 aliphatic rings. The zero-order valence-electron chi connectivity index (χ0n) is 12.9. The van der Waals surface area contributed by atoms with Crippen molar-refractivity contribution in [3.63, 3.8) is 0 Å². The minimum absolute atomic E-state index is 0.127. The van der Waals surface area contributed by atoms with Gasteiger partial charge in [-0.3, -0.25) is 0 Å². The van der Waals surface area contributed by atoms with Gasteiger partial charge in [0.05, 0.1) is 11.8 Å². The van der Waals surface area contributed by atoms with Gasteiger partial charge >= 0.3 is 5.97 Å². The lowest BCUT2D eigenvalue weighted by atomic mass is 9.82. The molecule has 2 aromatic rings. The Hall–Kier alpha value is -2.10. The fraction of sp³-hybridized carbons (Fsp3) is 0.412. The highest BCUT2D eigenvalue weighted by molar-refractivity contribution is 5.93. The highest BCUT2D eigenvalue weighted by Gasteiger charge is 2.33. The molecule has 4 nitrogen and oxygen atoms in total. The summed E-state index contributed by atoms with van der Waals surface area (Å²) in [7, 11) is 1.75. The Bertz CT molecular complexity index is 714. The average Bonchev–Trinajstić information content (AvgIpc) is 2.94. The van der Waals surface area contributed by atoms with Gasteiger partial charge in [0.1, 0.15) is 0 Å². The number of nitrogens with zero attached hydrogens (tertiary/aromatic N) is 2. The highest BCUT2D eigenvalue weighted by atomic mass is 16.5. The van der Waals surface area contributed by atoms with Crippen LogP contribution in [0.4, 0.5) is 0 Å². The summed E-state index contributed by atoms with van der Waals surface area (Å²) in [6.07, 6.45) is 3.82. The summed E-state index contributed by atoms with van der Waals surface area (Å²) in [5, 5.41) is 4.01. The van der Waals surface area contributed by atoms with Crippen LogP contribution in [0.2, 0.25) is 0 Å². The van der Waals surface area contributed by atoms with Crippen molar-refractivity contribution < 1.29 is 9.53 Å². The lowest BCUT2D eigenvalue weighted by molar-refractivity contribution is 0.0719. The number of fused-ring (bicyclic) bond motifs is 1. The van der Waals surface area contributed by atoms with Crippen LogP contribution in [-0.2, 0) is 18.9 Å². The fourth-order valence-corrected chi connectivity index (χ4v) is 3.32. The van der Waals surface area contributed by atoms with E-state index < -0.39 is 0 Å². The number of rotatable bonds is 2. The first-order chi connectivity index (χ1) is 9.90. The Labute approximate surface area is 124 Å². The molecule has 1 heterocycles. The molecular weight excluding hydrogens is 264 g/mol. The molecule has 0 N–H and O–H groups in total. The largest absolute Gasteiger partial charge is 0.404 e. The van der Waals surface area contributed by atoms with Crippen LogP contribution in [0.15, 0.2) is 24.4 Å². The van der Waals surface area contributed by atoms with Gasteiger partial charge in [-0.1, -0.05) is 19.9 Å². The molecule has 0 unspecified atom stereocenters. The molecule has 4 heteroatoms. The van der Waals surface area contributed by atoms with Crippen LogP contribution in [0.1, 0.15) is 47.3 Å². The van der Waals surface area contributed by atoms with Crippen LogP contribution < -0.4 is 4.74 Å². The van der Waals surface area contributed by atoms with Gasteiger partial charge in [-0.05, 0) is 47.9 Å². The van der Waals surface area contributed by atoms with Gasteiger partial charge in [0, 0.05) is 13.1 Å². The molecular formula is C17H20N2O2. The Morgan fingerprint density at radius 1 is 1.33 bits per heavy atom. The zero-order chi connectivity index (χ0) is 15.2. The van der Waals surface area contributed by atoms with E-state index in [0.29, 0.717) is 11.4 Å². The van der Waals surface area contributed by atoms with Crippen LogP contribution in [0, 0.1) is 6.92 Å². The summed E-state index contributed by atoms with van der Waals surface area (Å²) < 4.78 is 6.99. The molecule has 110 valence electrons. The molecule has 0 bridgehead atoms. The first-order valence-corrected chi connectivity index (χ1v) is 7.23. The molecule has 1 aromatic carbocycles. The van der Waals surface area contributed by atoms with E-state index >= 15 is 0 Å². The number of ether oxygens (including phenoxy) is 1. The number of aryl methyl sites for hydroxylation is 2. The lowest BCUT2D eigenvalue weighted by Gasteiger charge is -2.22. The summed E-state index contributed by atoms with van der Waals surface area (Å²) in [5.74, 6) is 0.140. The topological polar surface area (TPSA) is 44.1 Å². The second-order valence-corrected chi connectivity index (χ2v) is 6.34. The molecule has 0 saturated heterocycles. The highest BCUT2D eigenvalue weighted by Crippen LogP contribution is 2.41. The maximum Gasteiger partial charge on any atom is 0.345 e. The summed E-state index contributed by atoms with van der Waals surface area (Å²) >= 11 is 0. The number of carbonyl (C=O) groups excluding carboxylic acids is 1. The minimum atomic E-state index is -0.318. The van der Waals surface area contributed by atoms with Gasteiger partial charge in [-0.2, -0.15) is 5.10 Å². The van der Waals surface area contributed by atoms with E-state index in [0.717, 1.165) is 18.4 Å². The number of esters is 1. The van der Waals surface area contributed by atoms with Crippen molar-refractivity contribution in [1.82, 2.24) is 9.78 Å². The number of benzene rings is 1. The summed E-state index contributed by atoms with van der Waals surface area (Å²) in [6.45, 7) is 6.50. The fourth-order valence-electron chi connectivity index (χ4n) is 3.32. The molecule has 0 atom stereocenters. The van der Waals surface area contributed by atoms with E-state index in [-0.39, 0.29) is 11.4 Å². The number of carbonyl (C=O) groups is 1. The van der Waals surface area contributed by atoms with Crippen molar-refractivity contribution in [2.24, 2.45) is 7.05 Å². The second-order valence-electron chi connectivity index (χ2n) is 6.34. The second kappa shape index (κ2) is 4.72. The van der Waals surface area contributed by atoms with E-state index in [9.17, 15) is 4.79 Å². The van der Waals surface area contributed by atoms with Crippen LogP contribution in [-0.4, -0.2) is 15.7 Å². The van der Waals surface area contributed by atoms with Gasteiger partial charge in [-0.15, -0.1) is 0 Å². The Kier molecular flexibility index (Phi) is 3.12. The van der Waals surface area contributed by atoms with Crippen molar-refractivity contribution in [1.29, 1.82) is 0 Å². The quantitative estimate of drug-likeness (QED) is 0.796. The van der Waals surface area contributed by atoms with Gasteiger partial charge in [0.25, 0.3) is 0 Å². The maximum atomic E-state index is 12.4. The number of aromatic nitrogens is 2. The third kappa shape index (κ3) is 2.24. The summed E-state index contributed by atoms with van der Waals surface area (Å²) in [4.78, 5) is 12.4. The maximum absolute atomic E-state index is 12.4. The normalized spacial score (nSPS) is 15.8. The molecule has 21 heavy (non-hydrogen) atoms. The Morgan fingerprint density at radius 2 is 2.10 bits per heavy atom. The van der Waals surface area contributed by atoms with Crippen molar-refractivity contribution in [2.75, 3.05) is 0 Å². The standard InChI is InChI=1S/C17H20N2O2/c1-11-13(16(20)21-14-8-10-18-19(14)4)6-5-12-7-9-17(2,3)15(11)12/h5-6,8,10H,7,9H2,1-4H3. The van der Waals surface area contributed by atoms with Crippen LogP contribution in [0.3, 0.4) is 0 Å². The molecule has 1 aliphatic carbocycles. The zero-order valence-corrected chi connectivity index (χ0v) is 12.9. The van der Waals surface area contributed by atoms with Gasteiger partial charge in [0.2, 0.25) is 5.88 Å². The molecule has 0 amide bonds. The molecule has 0 spiro atoms. The predicted octanol–water partition coefficient (Wildman–Crippen LogP) is 3.17. The van der Waals surface area contributed by atoms with E-state index in [1.54, 1.807) is 24.0 Å². The van der Waals surface area contributed by atoms with Gasteiger partial charge < -0.3 is 4.74 Å². The van der Waals surface area contributed by atoms with Crippen molar-refractivity contribution in [3.8, 4) is 5.88 Å². The molecule has 0 saturated carbocycles. The molecule has 0 radical (unpaired) electrons. The Morgan fingerprint density at radius 3 is 2.76 bits per heavy atom. The van der Waals surface area contributed by atoms with Crippen LogP contribution >= 0.6 is 0 Å². The van der Waals surface area contributed by atoms with Crippen molar-refractivity contribution in [3.05, 3.63) is 46.6 Å². The van der Waals surface area contributed by atoms with Gasteiger partial charge in [0.15, 0.2) is 0 Å².